The van der Waals surface area contributed by atoms with Crippen molar-refractivity contribution in [3.63, 3.8) is 0 Å². The summed E-state index contributed by atoms with van der Waals surface area (Å²) in [5.41, 5.74) is 0.554. The van der Waals surface area contributed by atoms with E-state index in [2.05, 4.69) is 0 Å². The number of nitrogens with zero attached hydrogens (tertiary/aromatic N) is 1. The van der Waals surface area contributed by atoms with Gasteiger partial charge >= 0.3 is 11.9 Å². The predicted octanol–water partition coefficient (Wildman–Crippen LogP) is 0.779. The van der Waals surface area contributed by atoms with Crippen molar-refractivity contribution in [2.24, 2.45) is 0 Å². The molecule has 2 rings (SSSR count). The van der Waals surface area contributed by atoms with E-state index in [1.54, 1.807) is 18.2 Å². The van der Waals surface area contributed by atoms with E-state index in [0.717, 1.165) is 0 Å². The maximum absolute atomic E-state index is 11.1. The fourth-order valence-electron chi connectivity index (χ4n) is 1.84. The van der Waals surface area contributed by atoms with E-state index < -0.39 is 24.4 Å². The van der Waals surface area contributed by atoms with E-state index in [4.69, 9.17) is 19.7 Å². The number of carbonyl (C=O) groups is 2. The van der Waals surface area contributed by atoms with Crippen LogP contribution in [0.15, 0.2) is 18.2 Å². The molecule has 1 aromatic rings. The molecule has 1 heterocycles. The zero-order valence-electron chi connectivity index (χ0n) is 10.2. The molecule has 0 radical (unpaired) electrons. The highest BCUT2D eigenvalue weighted by atomic mass is 16.7. The molecule has 2 N–H and O–H groups in total. The van der Waals surface area contributed by atoms with E-state index in [9.17, 15) is 9.59 Å². The number of hydrogen-bond donors (Lipinski definition) is 2. The highest BCUT2D eigenvalue weighted by molar-refractivity contribution is 5.84. The number of carboxylic acid groups (broad SMARTS) is 2. The van der Waals surface area contributed by atoms with E-state index in [-0.39, 0.29) is 6.79 Å². The number of anilines is 1. The number of aliphatic carboxylic acids is 2. The van der Waals surface area contributed by atoms with Crippen molar-refractivity contribution in [3.05, 3.63) is 18.2 Å². The van der Waals surface area contributed by atoms with Crippen LogP contribution in [0.4, 0.5) is 5.69 Å². The molecular formula is C12H13NO6. The topological polar surface area (TPSA) is 96.3 Å². The van der Waals surface area contributed by atoms with Gasteiger partial charge in [-0.3, -0.25) is 4.79 Å². The van der Waals surface area contributed by atoms with Gasteiger partial charge in [0.25, 0.3) is 0 Å². The quantitative estimate of drug-likeness (QED) is 0.813. The molecule has 0 bridgehead atoms. The fourth-order valence-corrected chi connectivity index (χ4v) is 1.84. The van der Waals surface area contributed by atoms with Crippen LogP contribution in [0.2, 0.25) is 0 Å². The summed E-state index contributed by atoms with van der Waals surface area (Å²) in [6, 6.07) is 3.80. The Bertz CT molecular complexity index is 515. The molecule has 0 aliphatic carbocycles. The monoisotopic (exact) mass is 267 g/mol. The van der Waals surface area contributed by atoms with Crippen molar-refractivity contribution in [2.75, 3.05) is 18.7 Å². The van der Waals surface area contributed by atoms with Gasteiger partial charge < -0.3 is 24.6 Å². The largest absolute Gasteiger partial charge is 0.481 e. The first-order valence-corrected chi connectivity index (χ1v) is 5.56. The summed E-state index contributed by atoms with van der Waals surface area (Å²) in [4.78, 5) is 23.2. The van der Waals surface area contributed by atoms with Crippen LogP contribution in [0.3, 0.4) is 0 Å². The number of carboxylic acids is 2. The Morgan fingerprint density at radius 3 is 2.63 bits per heavy atom. The lowest BCUT2D eigenvalue weighted by Gasteiger charge is -2.25. The van der Waals surface area contributed by atoms with Crippen molar-refractivity contribution in [1.82, 2.24) is 0 Å². The molecule has 0 fully saturated rings. The third kappa shape index (κ3) is 2.70. The third-order valence-corrected chi connectivity index (χ3v) is 2.88. The molecule has 1 aromatic carbocycles. The first-order valence-electron chi connectivity index (χ1n) is 5.56. The molecule has 1 unspecified atom stereocenters. The number of benzene rings is 1. The van der Waals surface area contributed by atoms with Gasteiger partial charge in [0.1, 0.15) is 6.04 Å². The Labute approximate surface area is 109 Å². The van der Waals surface area contributed by atoms with Crippen molar-refractivity contribution < 1.29 is 29.3 Å². The third-order valence-electron chi connectivity index (χ3n) is 2.88. The van der Waals surface area contributed by atoms with Gasteiger partial charge in [-0.15, -0.1) is 0 Å². The Morgan fingerprint density at radius 2 is 2.00 bits per heavy atom. The minimum absolute atomic E-state index is 0.125. The molecule has 0 aromatic heterocycles. The van der Waals surface area contributed by atoms with E-state index in [1.165, 1.54) is 11.9 Å². The first kappa shape index (κ1) is 13.0. The van der Waals surface area contributed by atoms with Crippen LogP contribution in [0.5, 0.6) is 11.5 Å². The van der Waals surface area contributed by atoms with Gasteiger partial charge in [0.05, 0.1) is 6.42 Å². The SMILES string of the molecule is CN(c1ccc2c(c1)OCO2)C(CC(=O)O)C(=O)O. The minimum Gasteiger partial charge on any atom is -0.481 e. The van der Waals surface area contributed by atoms with Gasteiger partial charge in [0, 0.05) is 18.8 Å². The molecule has 0 amide bonds. The van der Waals surface area contributed by atoms with Gasteiger partial charge in [-0.05, 0) is 12.1 Å². The molecule has 1 atom stereocenters. The molecule has 102 valence electrons. The zero-order chi connectivity index (χ0) is 14.0. The minimum atomic E-state index is -1.19. The van der Waals surface area contributed by atoms with E-state index in [1.807, 2.05) is 0 Å². The Morgan fingerprint density at radius 1 is 1.32 bits per heavy atom. The van der Waals surface area contributed by atoms with Gasteiger partial charge in [0.15, 0.2) is 11.5 Å². The molecule has 7 heteroatoms. The maximum atomic E-state index is 11.1. The van der Waals surface area contributed by atoms with Gasteiger partial charge in [-0.25, -0.2) is 4.79 Å². The highest BCUT2D eigenvalue weighted by Crippen LogP contribution is 2.35. The van der Waals surface area contributed by atoms with Crippen molar-refractivity contribution in [3.8, 4) is 11.5 Å². The van der Waals surface area contributed by atoms with Crippen molar-refractivity contribution in [2.45, 2.75) is 12.5 Å². The van der Waals surface area contributed by atoms with Crippen molar-refractivity contribution in [1.29, 1.82) is 0 Å². The average molecular weight is 267 g/mol. The summed E-state index contributed by atoms with van der Waals surface area (Å²) in [6.07, 6.45) is -0.486. The number of likely N-dealkylation sites (N-methyl/N-ethyl adjacent to an activating group) is 1. The molecule has 0 saturated carbocycles. The zero-order valence-corrected chi connectivity index (χ0v) is 10.2. The summed E-state index contributed by atoms with van der Waals surface area (Å²) >= 11 is 0. The van der Waals surface area contributed by atoms with Crippen LogP contribution in [0, 0.1) is 0 Å². The fraction of sp³-hybridized carbons (Fsp3) is 0.333. The molecule has 0 spiro atoms. The standard InChI is InChI=1S/C12H13NO6/c1-13(8(12(16)17)5-11(14)15)7-2-3-9-10(4-7)19-6-18-9/h2-4,8H,5-6H2,1H3,(H,14,15)(H,16,17). The number of hydrogen-bond acceptors (Lipinski definition) is 5. The molecule has 0 saturated heterocycles. The van der Waals surface area contributed by atoms with Gasteiger partial charge in [0.2, 0.25) is 6.79 Å². The second kappa shape index (κ2) is 5.05. The van der Waals surface area contributed by atoms with Crippen LogP contribution in [-0.2, 0) is 9.59 Å². The summed E-state index contributed by atoms with van der Waals surface area (Å²) in [6.45, 7) is 0.125. The summed E-state index contributed by atoms with van der Waals surface area (Å²) in [7, 11) is 1.53. The van der Waals surface area contributed by atoms with E-state index >= 15 is 0 Å². The normalized spacial score (nSPS) is 13.9. The number of ether oxygens (including phenoxy) is 2. The number of fused-ring (bicyclic) bond motifs is 1. The second-order valence-electron chi connectivity index (χ2n) is 4.10. The summed E-state index contributed by atoms with van der Waals surface area (Å²) in [5.74, 6) is -1.26. The van der Waals surface area contributed by atoms with Crippen LogP contribution >= 0.6 is 0 Å². The Kier molecular flexibility index (Phi) is 3.46. The smallest absolute Gasteiger partial charge is 0.326 e. The van der Waals surface area contributed by atoms with Crippen LogP contribution in [0.1, 0.15) is 6.42 Å². The summed E-state index contributed by atoms with van der Waals surface area (Å²) in [5, 5.41) is 17.8. The first-order chi connectivity index (χ1) is 8.99. The predicted molar refractivity (Wildman–Crippen MR) is 64.6 cm³/mol. The molecule has 19 heavy (non-hydrogen) atoms. The van der Waals surface area contributed by atoms with Crippen molar-refractivity contribution >= 4 is 17.6 Å². The molecule has 1 aliphatic rings. The van der Waals surface area contributed by atoms with Crippen LogP contribution in [0.25, 0.3) is 0 Å². The lowest BCUT2D eigenvalue weighted by atomic mass is 10.1. The lowest BCUT2D eigenvalue weighted by Crippen LogP contribution is -2.40. The number of rotatable bonds is 5. The Balaban J connectivity index is 2.23. The van der Waals surface area contributed by atoms with E-state index in [0.29, 0.717) is 17.2 Å². The van der Waals surface area contributed by atoms with Crippen LogP contribution in [-0.4, -0.2) is 42.0 Å². The second-order valence-corrected chi connectivity index (χ2v) is 4.10. The maximum Gasteiger partial charge on any atom is 0.326 e. The van der Waals surface area contributed by atoms with Gasteiger partial charge in [-0.2, -0.15) is 0 Å². The average Bonchev–Trinajstić information content (AvgIpc) is 2.81. The highest BCUT2D eigenvalue weighted by Gasteiger charge is 2.27. The van der Waals surface area contributed by atoms with Gasteiger partial charge in [-0.1, -0.05) is 0 Å². The summed E-state index contributed by atoms with van der Waals surface area (Å²) < 4.78 is 10.4. The molecule has 7 nitrogen and oxygen atoms in total. The lowest BCUT2D eigenvalue weighted by molar-refractivity contribution is -0.145. The van der Waals surface area contributed by atoms with Crippen LogP contribution < -0.4 is 14.4 Å². The Hall–Kier alpha value is -2.44. The molecule has 1 aliphatic heterocycles. The molecular weight excluding hydrogens is 254 g/mol.